The van der Waals surface area contributed by atoms with Crippen LogP contribution in [0.15, 0.2) is 18.2 Å². The standard InChI is InChI=1S/C16H21NO4/c1-10-5-4-8-16(9-10,15(20)21)17-14(19)12-7-3-6-11(2)13(12)18/h3,6-7,10,18H,4-5,8-9H2,1-2H3,(H,17,19)(H,20,21). The topological polar surface area (TPSA) is 86.6 Å². The van der Waals surface area contributed by atoms with Crippen molar-refractivity contribution in [3.63, 3.8) is 0 Å². The zero-order valence-corrected chi connectivity index (χ0v) is 12.3. The summed E-state index contributed by atoms with van der Waals surface area (Å²) in [6.07, 6.45) is 2.58. The highest BCUT2D eigenvalue weighted by atomic mass is 16.4. The molecule has 1 aromatic carbocycles. The smallest absolute Gasteiger partial charge is 0.329 e. The number of rotatable bonds is 3. The van der Waals surface area contributed by atoms with Crippen LogP contribution in [0.3, 0.4) is 0 Å². The van der Waals surface area contributed by atoms with Crippen molar-refractivity contribution >= 4 is 11.9 Å². The minimum absolute atomic E-state index is 0.0978. The molecule has 2 atom stereocenters. The Labute approximate surface area is 124 Å². The second kappa shape index (κ2) is 5.76. The quantitative estimate of drug-likeness (QED) is 0.798. The Hall–Kier alpha value is -2.04. The van der Waals surface area contributed by atoms with Crippen LogP contribution in [0, 0.1) is 12.8 Å². The second-order valence-corrected chi connectivity index (χ2v) is 6.01. The van der Waals surface area contributed by atoms with Crippen LogP contribution in [0.1, 0.15) is 48.5 Å². The first kappa shape index (κ1) is 15.4. The van der Waals surface area contributed by atoms with Crippen LogP contribution in [0.4, 0.5) is 0 Å². The third-order valence-electron chi connectivity index (χ3n) is 4.24. The van der Waals surface area contributed by atoms with Gasteiger partial charge in [-0.3, -0.25) is 4.79 Å². The summed E-state index contributed by atoms with van der Waals surface area (Å²) in [5.74, 6) is -1.39. The molecule has 0 spiro atoms. The molecule has 0 bridgehead atoms. The van der Waals surface area contributed by atoms with E-state index in [4.69, 9.17) is 0 Å². The van der Waals surface area contributed by atoms with Crippen LogP contribution >= 0.6 is 0 Å². The minimum atomic E-state index is -1.23. The number of carboxylic acid groups (broad SMARTS) is 1. The van der Waals surface area contributed by atoms with Crippen LogP contribution in [0.2, 0.25) is 0 Å². The summed E-state index contributed by atoms with van der Waals surface area (Å²) in [7, 11) is 0. The van der Waals surface area contributed by atoms with Gasteiger partial charge in [0.25, 0.3) is 5.91 Å². The Bertz CT molecular complexity index is 569. The molecule has 1 aliphatic rings. The van der Waals surface area contributed by atoms with Crippen LogP contribution < -0.4 is 5.32 Å². The number of carboxylic acids is 1. The summed E-state index contributed by atoms with van der Waals surface area (Å²) >= 11 is 0. The Morgan fingerprint density at radius 1 is 1.38 bits per heavy atom. The highest BCUT2D eigenvalue weighted by Gasteiger charge is 2.43. The van der Waals surface area contributed by atoms with Crippen molar-refractivity contribution in [2.24, 2.45) is 5.92 Å². The summed E-state index contributed by atoms with van der Waals surface area (Å²) in [5, 5.41) is 22.2. The van der Waals surface area contributed by atoms with Crippen molar-refractivity contribution < 1.29 is 19.8 Å². The first-order valence-corrected chi connectivity index (χ1v) is 7.20. The van der Waals surface area contributed by atoms with Gasteiger partial charge in [0.1, 0.15) is 11.3 Å². The van der Waals surface area contributed by atoms with E-state index in [2.05, 4.69) is 5.32 Å². The number of benzene rings is 1. The van der Waals surface area contributed by atoms with Crippen LogP contribution in [-0.2, 0) is 4.79 Å². The Balaban J connectivity index is 2.27. The molecule has 1 fully saturated rings. The molecule has 0 aromatic heterocycles. The number of phenolic OH excluding ortho intramolecular Hbond substituents is 1. The lowest BCUT2D eigenvalue weighted by Crippen LogP contribution is -2.56. The van der Waals surface area contributed by atoms with Crippen molar-refractivity contribution in [2.75, 3.05) is 0 Å². The average Bonchev–Trinajstić information content (AvgIpc) is 2.41. The van der Waals surface area contributed by atoms with Crippen LogP contribution in [0.25, 0.3) is 0 Å². The fourth-order valence-corrected chi connectivity index (χ4v) is 3.04. The maximum absolute atomic E-state index is 12.4. The number of hydrogen-bond donors (Lipinski definition) is 3. The highest BCUT2D eigenvalue weighted by molar-refractivity contribution is 6.00. The number of aromatic hydroxyl groups is 1. The molecule has 5 heteroatoms. The maximum Gasteiger partial charge on any atom is 0.329 e. The number of hydrogen-bond acceptors (Lipinski definition) is 3. The van der Waals surface area contributed by atoms with Crippen molar-refractivity contribution in [1.82, 2.24) is 5.32 Å². The predicted molar refractivity (Wildman–Crippen MR) is 78.3 cm³/mol. The molecule has 114 valence electrons. The van der Waals surface area contributed by atoms with Crippen molar-refractivity contribution in [3.05, 3.63) is 29.3 Å². The lowest BCUT2D eigenvalue weighted by molar-refractivity contribution is -0.146. The number of phenols is 1. The van der Waals surface area contributed by atoms with Crippen LogP contribution in [-0.4, -0.2) is 27.6 Å². The van der Waals surface area contributed by atoms with E-state index >= 15 is 0 Å². The number of para-hydroxylation sites is 1. The third-order valence-corrected chi connectivity index (χ3v) is 4.24. The van der Waals surface area contributed by atoms with E-state index in [9.17, 15) is 19.8 Å². The van der Waals surface area contributed by atoms with Gasteiger partial charge in [-0.15, -0.1) is 0 Å². The van der Waals surface area contributed by atoms with E-state index in [1.165, 1.54) is 6.07 Å². The second-order valence-electron chi connectivity index (χ2n) is 6.01. The molecule has 3 N–H and O–H groups in total. The normalized spacial score (nSPS) is 25.3. The molecule has 1 amide bonds. The first-order valence-electron chi connectivity index (χ1n) is 7.20. The highest BCUT2D eigenvalue weighted by Crippen LogP contribution is 2.33. The zero-order valence-electron chi connectivity index (χ0n) is 12.3. The van der Waals surface area contributed by atoms with E-state index in [1.807, 2.05) is 6.92 Å². The van der Waals surface area contributed by atoms with Gasteiger partial charge in [0.15, 0.2) is 0 Å². The van der Waals surface area contributed by atoms with Crippen molar-refractivity contribution in [3.8, 4) is 5.75 Å². The lowest BCUT2D eigenvalue weighted by Gasteiger charge is -2.37. The van der Waals surface area contributed by atoms with Gasteiger partial charge in [-0.2, -0.15) is 0 Å². The number of amides is 1. The van der Waals surface area contributed by atoms with Gasteiger partial charge < -0.3 is 15.5 Å². The summed E-state index contributed by atoms with van der Waals surface area (Å²) in [4.78, 5) is 24.0. The molecule has 5 nitrogen and oxygen atoms in total. The molecule has 1 aliphatic carbocycles. The van der Waals surface area contributed by atoms with E-state index in [1.54, 1.807) is 19.1 Å². The van der Waals surface area contributed by atoms with Crippen molar-refractivity contribution in [1.29, 1.82) is 0 Å². The van der Waals surface area contributed by atoms with E-state index in [0.717, 1.165) is 12.8 Å². The zero-order chi connectivity index (χ0) is 15.6. The number of nitrogens with one attached hydrogen (secondary N) is 1. The van der Waals surface area contributed by atoms with Gasteiger partial charge in [-0.25, -0.2) is 4.79 Å². The summed E-state index contributed by atoms with van der Waals surface area (Å²) in [5.41, 5.74) is -0.525. The van der Waals surface area contributed by atoms with E-state index in [0.29, 0.717) is 18.4 Å². The lowest BCUT2D eigenvalue weighted by atomic mass is 9.76. The molecule has 1 aromatic rings. The molecule has 21 heavy (non-hydrogen) atoms. The fraction of sp³-hybridized carbons (Fsp3) is 0.500. The number of carbonyl (C=O) groups excluding carboxylic acids is 1. The van der Waals surface area contributed by atoms with E-state index < -0.39 is 17.4 Å². The average molecular weight is 291 g/mol. The van der Waals surface area contributed by atoms with Gasteiger partial charge in [0.2, 0.25) is 0 Å². The largest absolute Gasteiger partial charge is 0.507 e. The summed E-state index contributed by atoms with van der Waals surface area (Å²) in [6, 6.07) is 4.86. The van der Waals surface area contributed by atoms with E-state index in [-0.39, 0.29) is 17.2 Å². The molecule has 0 heterocycles. The molecule has 0 radical (unpaired) electrons. The molecule has 0 saturated heterocycles. The fourth-order valence-electron chi connectivity index (χ4n) is 3.04. The molecule has 1 saturated carbocycles. The number of aliphatic carboxylic acids is 1. The molecule has 0 aliphatic heterocycles. The molecular weight excluding hydrogens is 270 g/mol. The number of aryl methyl sites for hydroxylation is 1. The predicted octanol–water partition coefficient (Wildman–Crippen LogP) is 2.46. The summed E-state index contributed by atoms with van der Waals surface area (Å²) in [6.45, 7) is 3.69. The molecule has 2 unspecified atom stereocenters. The Kier molecular flexibility index (Phi) is 4.21. The first-order chi connectivity index (χ1) is 9.85. The maximum atomic E-state index is 12.4. The van der Waals surface area contributed by atoms with Gasteiger partial charge in [-0.05, 0) is 37.3 Å². The Morgan fingerprint density at radius 2 is 2.10 bits per heavy atom. The van der Waals surface area contributed by atoms with Gasteiger partial charge in [0.05, 0.1) is 5.56 Å². The van der Waals surface area contributed by atoms with Gasteiger partial charge >= 0.3 is 5.97 Å². The Morgan fingerprint density at radius 3 is 2.71 bits per heavy atom. The molecule has 2 rings (SSSR count). The third kappa shape index (κ3) is 3.01. The SMILES string of the molecule is Cc1cccc(C(=O)NC2(C(=O)O)CCCC(C)C2)c1O. The van der Waals surface area contributed by atoms with Crippen molar-refractivity contribution in [2.45, 2.75) is 45.1 Å². The monoisotopic (exact) mass is 291 g/mol. The summed E-state index contributed by atoms with van der Waals surface area (Å²) < 4.78 is 0. The van der Waals surface area contributed by atoms with Gasteiger partial charge in [0, 0.05) is 0 Å². The van der Waals surface area contributed by atoms with Crippen LogP contribution in [0.5, 0.6) is 5.75 Å². The van der Waals surface area contributed by atoms with Gasteiger partial charge in [-0.1, -0.05) is 31.9 Å². The minimum Gasteiger partial charge on any atom is -0.507 e. The molecular formula is C16H21NO4. The number of carbonyl (C=O) groups is 2.